The van der Waals surface area contributed by atoms with E-state index in [0.29, 0.717) is 17.4 Å². The second-order valence-corrected chi connectivity index (χ2v) is 6.98. The van der Waals surface area contributed by atoms with Gasteiger partial charge >= 0.3 is 0 Å². The summed E-state index contributed by atoms with van der Waals surface area (Å²) in [4.78, 5) is 8.66. The summed E-state index contributed by atoms with van der Waals surface area (Å²) in [5.74, 6) is 0.866. The van der Waals surface area contributed by atoms with E-state index in [9.17, 15) is 8.42 Å². The molecule has 1 saturated heterocycles. The van der Waals surface area contributed by atoms with Gasteiger partial charge in [-0.15, -0.1) is 0 Å². The van der Waals surface area contributed by atoms with Gasteiger partial charge in [0.1, 0.15) is 11.0 Å². The van der Waals surface area contributed by atoms with E-state index in [1.54, 1.807) is 0 Å². The van der Waals surface area contributed by atoms with Crippen LogP contribution in [-0.2, 0) is 16.3 Å². The quantitative estimate of drug-likeness (QED) is 0.773. The van der Waals surface area contributed by atoms with E-state index in [0.717, 1.165) is 17.7 Å². The smallest absolute Gasteiger partial charge is 0.151 e. The summed E-state index contributed by atoms with van der Waals surface area (Å²) in [6, 6.07) is 0. The Morgan fingerprint density at radius 3 is 2.65 bits per heavy atom. The monoisotopic (exact) mass is 274 g/mol. The lowest BCUT2D eigenvalue weighted by Crippen LogP contribution is -2.10. The van der Waals surface area contributed by atoms with Gasteiger partial charge in [0.2, 0.25) is 0 Å². The fourth-order valence-electron chi connectivity index (χ4n) is 2.08. The lowest BCUT2D eigenvalue weighted by molar-refractivity contribution is 0.601. The highest BCUT2D eigenvalue weighted by atomic mass is 35.5. The zero-order chi connectivity index (χ0) is 12.6. The number of halogens is 1. The Morgan fingerprint density at radius 2 is 2.12 bits per heavy atom. The molecule has 6 heteroatoms. The van der Waals surface area contributed by atoms with Crippen molar-refractivity contribution < 1.29 is 8.42 Å². The second-order valence-electron chi connectivity index (χ2n) is 4.40. The molecule has 4 nitrogen and oxygen atoms in total. The minimum atomic E-state index is -2.91. The summed E-state index contributed by atoms with van der Waals surface area (Å²) in [6.07, 6.45) is 1.38. The van der Waals surface area contributed by atoms with Crippen LogP contribution in [0.3, 0.4) is 0 Å². The molecule has 94 valence electrons. The predicted octanol–water partition coefficient (Wildman–Crippen LogP) is 1.90. The molecule has 1 fully saturated rings. The number of aromatic nitrogens is 2. The summed E-state index contributed by atoms with van der Waals surface area (Å²) in [7, 11) is -2.91. The van der Waals surface area contributed by atoms with Gasteiger partial charge in [-0.25, -0.2) is 18.4 Å². The number of aryl methyl sites for hydroxylation is 1. The molecule has 1 aliphatic rings. The van der Waals surface area contributed by atoms with Crippen LogP contribution < -0.4 is 0 Å². The summed E-state index contributed by atoms with van der Waals surface area (Å²) >= 11 is 6.05. The molecule has 1 atom stereocenters. The Labute approximate surface area is 106 Å². The molecule has 17 heavy (non-hydrogen) atoms. The van der Waals surface area contributed by atoms with Gasteiger partial charge in [-0.1, -0.05) is 18.5 Å². The van der Waals surface area contributed by atoms with Gasteiger partial charge in [0.05, 0.1) is 11.5 Å². The van der Waals surface area contributed by atoms with Gasteiger partial charge in [-0.05, 0) is 19.8 Å². The van der Waals surface area contributed by atoms with Crippen molar-refractivity contribution in [1.82, 2.24) is 9.97 Å². The van der Waals surface area contributed by atoms with Crippen molar-refractivity contribution in [3.63, 3.8) is 0 Å². The lowest BCUT2D eigenvalue weighted by Gasteiger charge is -2.11. The number of hydrogen-bond acceptors (Lipinski definition) is 4. The van der Waals surface area contributed by atoms with Gasteiger partial charge in [0.25, 0.3) is 0 Å². The number of hydrogen-bond donors (Lipinski definition) is 0. The summed E-state index contributed by atoms with van der Waals surface area (Å²) < 4.78 is 22.9. The van der Waals surface area contributed by atoms with Crippen molar-refractivity contribution in [1.29, 1.82) is 0 Å². The van der Waals surface area contributed by atoms with Crippen molar-refractivity contribution in [2.45, 2.75) is 32.6 Å². The van der Waals surface area contributed by atoms with Crippen molar-refractivity contribution in [3.8, 4) is 0 Å². The van der Waals surface area contributed by atoms with Crippen LogP contribution in [0.25, 0.3) is 0 Å². The Balaban J connectivity index is 2.37. The Bertz CT molecular complexity index is 543. The normalized spacial score (nSPS) is 22.9. The number of rotatable bonds is 2. The predicted molar refractivity (Wildman–Crippen MR) is 67.2 cm³/mol. The van der Waals surface area contributed by atoms with E-state index in [1.807, 2.05) is 13.8 Å². The third kappa shape index (κ3) is 2.60. The molecule has 1 aromatic heterocycles. The van der Waals surface area contributed by atoms with Crippen LogP contribution in [0.4, 0.5) is 0 Å². The molecule has 0 amide bonds. The molecule has 0 aromatic carbocycles. The van der Waals surface area contributed by atoms with Crippen LogP contribution in [-0.4, -0.2) is 29.9 Å². The first kappa shape index (κ1) is 12.8. The van der Waals surface area contributed by atoms with Crippen LogP contribution in [0.15, 0.2) is 0 Å². The molecule has 1 unspecified atom stereocenters. The molecular weight excluding hydrogens is 260 g/mol. The van der Waals surface area contributed by atoms with E-state index in [-0.39, 0.29) is 17.4 Å². The van der Waals surface area contributed by atoms with Gasteiger partial charge in [-0.2, -0.15) is 0 Å². The molecule has 0 aliphatic carbocycles. The largest absolute Gasteiger partial charge is 0.237 e. The number of sulfone groups is 1. The van der Waals surface area contributed by atoms with E-state index in [1.165, 1.54) is 0 Å². The third-order valence-electron chi connectivity index (χ3n) is 3.14. The molecule has 1 aromatic rings. The second kappa shape index (κ2) is 4.53. The maximum Gasteiger partial charge on any atom is 0.151 e. The minimum absolute atomic E-state index is 0.0941. The van der Waals surface area contributed by atoms with E-state index in [2.05, 4.69) is 9.97 Å². The van der Waals surface area contributed by atoms with Crippen molar-refractivity contribution in [2.75, 3.05) is 11.5 Å². The summed E-state index contributed by atoms with van der Waals surface area (Å²) in [6.45, 7) is 3.89. The van der Waals surface area contributed by atoms with Crippen molar-refractivity contribution >= 4 is 21.4 Å². The topological polar surface area (TPSA) is 59.9 Å². The van der Waals surface area contributed by atoms with Crippen molar-refractivity contribution in [2.24, 2.45) is 0 Å². The molecular formula is C11H15ClN2O2S. The molecule has 0 radical (unpaired) electrons. The summed E-state index contributed by atoms with van der Waals surface area (Å²) in [5.41, 5.74) is 1.79. The van der Waals surface area contributed by atoms with Crippen LogP contribution in [0.1, 0.15) is 36.3 Å². The van der Waals surface area contributed by atoms with E-state index >= 15 is 0 Å². The first-order valence-corrected chi connectivity index (χ1v) is 7.86. The highest BCUT2D eigenvalue weighted by Crippen LogP contribution is 2.28. The molecule has 0 saturated carbocycles. The Hall–Kier alpha value is -0.680. The highest BCUT2D eigenvalue weighted by molar-refractivity contribution is 7.91. The van der Waals surface area contributed by atoms with E-state index < -0.39 is 9.84 Å². The number of nitrogens with zero attached hydrogens (tertiary/aromatic N) is 2. The van der Waals surface area contributed by atoms with Gasteiger partial charge in [-0.3, -0.25) is 0 Å². The Kier molecular flexibility index (Phi) is 3.41. The maximum atomic E-state index is 11.4. The van der Waals surface area contributed by atoms with Crippen LogP contribution >= 0.6 is 11.6 Å². The Morgan fingerprint density at radius 1 is 1.41 bits per heavy atom. The first-order valence-electron chi connectivity index (χ1n) is 5.66. The van der Waals surface area contributed by atoms with E-state index in [4.69, 9.17) is 11.6 Å². The van der Waals surface area contributed by atoms with Gasteiger partial charge in [0.15, 0.2) is 9.84 Å². The maximum absolute atomic E-state index is 11.4. The standard InChI is InChI=1S/C11H15ClN2O2S/c1-3-9-7(2)10(12)14-11(13-9)8-4-5-17(15,16)6-8/h8H,3-6H2,1-2H3. The molecule has 1 aliphatic heterocycles. The molecule has 2 heterocycles. The molecule has 0 spiro atoms. The van der Waals surface area contributed by atoms with Gasteiger partial charge in [0, 0.05) is 17.2 Å². The molecule has 0 N–H and O–H groups in total. The van der Waals surface area contributed by atoms with Crippen LogP contribution in [0.5, 0.6) is 0 Å². The first-order chi connectivity index (χ1) is 7.93. The minimum Gasteiger partial charge on any atom is -0.237 e. The lowest BCUT2D eigenvalue weighted by atomic mass is 10.1. The van der Waals surface area contributed by atoms with Gasteiger partial charge < -0.3 is 0 Å². The fourth-order valence-corrected chi connectivity index (χ4v) is 4.01. The SMILES string of the molecule is CCc1nc(C2CCS(=O)(=O)C2)nc(Cl)c1C. The fraction of sp³-hybridized carbons (Fsp3) is 0.636. The molecule has 0 bridgehead atoms. The average molecular weight is 275 g/mol. The van der Waals surface area contributed by atoms with Crippen LogP contribution in [0, 0.1) is 6.92 Å². The molecule has 2 rings (SSSR count). The highest BCUT2D eigenvalue weighted by Gasteiger charge is 2.31. The third-order valence-corrected chi connectivity index (χ3v) is 5.27. The van der Waals surface area contributed by atoms with Crippen LogP contribution in [0.2, 0.25) is 5.15 Å². The average Bonchev–Trinajstić information content (AvgIpc) is 2.62. The summed E-state index contributed by atoms with van der Waals surface area (Å²) in [5, 5.41) is 0.441. The zero-order valence-corrected chi connectivity index (χ0v) is 11.5. The van der Waals surface area contributed by atoms with Crippen molar-refractivity contribution in [3.05, 3.63) is 22.2 Å². The zero-order valence-electron chi connectivity index (χ0n) is 9.90.